The molecule has 572 valence electrons. The molecule has 3 aliphatic carbocycles. The highest BCUT2D eigenvalue weighted by molar-refractivity contribution is 6.75. The number of hydrogen-bond donors (Lipinski definition) is 2. The molecule has 3 atom stereocenters. The van der Waals surface area contributed by atoms with E-state index in [1.165, 1.54) is 64.0 Å². The second-order valence-corrected chi connectivity index (χ2v) is 37.7. The highest BCUT2D eigenvalue weighted by Gasteiger charge is 2.41. The number of halogens is 1. The standard InChI is InChI=1S/C30H37NO6Si.C24H23NO6.C16H24O4Si.C14H14ClNO2/c1-8-19-31(25-16-15-23-11-9-10-12-24(23)25)29(33)36-21-35-28(32)18-14-22-13-17-26(27(20-22)34-5)37-38(6,7)30(2,3)4;1-3-14-25(20-11-10-18-6-4-5-7-19(18)20)24(28)31-16-30-23(27)13-9-17-8-12-21(26)22(15-17)29-2;1-16(2,3)21(5,6)20-13-9-7-12(8-10-15(17)18)11-14(13)19-4;1-2-9-16(14(17)18-10-15)13-8-7-11-5-3-4-6-12(11)13/h1,9-14,17-18,20,25H,15-16,19,21H2,2-7H3;1,4-9,12-13,15,20,26H,10-11,14,16H2,2H3;7-11H,1-6H3,(H,17,18);1,3-6,13H,7-10H2/b18-14+;13-9+;10-8+;/t25-;20-;;13-/m11.1/s1. The van der Waals surface area contributed by atoms with Gasteiger partial charge < -0.3 is 57.0 Å². The maximum Gasteiger partial charge on any atom is 0.413 e. The Morgan fingerprint density at radius 2 is 0.796 bits per heavy atom. The molecule has 24 heteroatoms. The number of rotatable bonds is 24. The van der Waals surface area contributed by atoms with Gasteiger partial charge in [-0.05, 0) is 179 Å². The molecular weight excluding hydrogens is 1430 g/mol. The highest BCUT2D eigenvalue weighted by atomic mass is 35.5. The van der Waals surface area contributed by atoms with Crippen LogP contribution in [0.2, 0.25) is 36.3 Å². The Morgan fingerprint density at radius 3 is 1.12 bits per heavy atom. The zero-order valence-corrected chi connectivity index (χ0v) is 66.4. The summed E-state index contributed by atoms with van der Waals surface area (Å²) in [7, 11) is 0.614. The number of esters is 2. The molecule has 0 unspecified atom stereocenters. The van der Waals surface area contributed by atoms with Gasteiger partial charge in [-0.3, -0.25) is 14.7 Å². The molecule has 3 amide bonds. The Morgan fingerprint density at radius 1 is 0.472 bits per heavy atom. The minimum absolute atomic E-state index is 0.00412. The molecule has 0 heterocycles. The van der Waals surface area contributed by atoms with E-state index < -0.39 is 66.4 Å². The number of aromatic hydroxyl groups is 1. The largest absolute Gasteiger partial charge is 0.541 e. The minimum atomic E-state index is -2.04. The van der Waals surface area contributed by atoms with Crippen molar-refractivity contribution in [3.63, 3.8) is 0 Å². The van der Waals surface area contributed by atoms with Crippen molar-refractivity contribution in [2.45, 2.75) is 134 Å². The molecule has 2 N–H and O–H groups in total. The summed E-state index contributed by atoms with van der Waals surface area (Å²) in [5.41, 5.74) is 9.04. The Balaban J connectivity index is 0.000000234. The number of carboxylic acids is 1. The molecule has 0 bridgehead atoms. The average Bonchev–Trinajstić information content (AvgIpc) is 1.45. The van der Waals surface area contributed by atoms with Crippen LogP contribution in [0.15, 0.2) is 146 Å². The molecule has 6 aromatic rings. The van der Waals surface area contributed by atoms with E-state index in [1.54, 1.807) is 49.5 Å². The van der Waals surface area contributed by atoms with Crippen LogP contribution in [0.3, 0.4) is 0 Å². The van der Waals surface area contributed by atoms with Gasteiger partial charge in [-0.25, -0.2) is 28.8 Å². The number of hydrogen-bond acceptors (Lipinski definition) is 17. The van der Waals surface area contributed by atoms with Crippen molar-refractivity contribution in [1.82, 2.24) is 14.7 Å². The fraction of sp³-hybridized carbons (Fsp3) is 0.357. The number of methoxy groups -OCH3 is 3. The molecule has 108 heavy (non-hydrogen) atoms. The van der Waals surface area contributed by atoms with E-state index in [-0.39, 0.29) is 65.4 Å². The number of amides is 3. The van der Waals surface area contributed by atoms with Crippen LogP contribution in [0.5, 0.6) is 34.5 Å². The molecule has 0 aromatic heterocycles. The van der Waals surface area contributed by atoms with Gasteiger partial charge >= 0.3 is 36.2 Å². The van der Waals surface area contributed by atoms with Crippen molar-refractivity contribution in [2.24, 2.45) is 0 Å². The molecule has 0 spiro atoms. The van der Waals surface area contributed by atoms with Crippen LogP contribution in [0.4, 0.5) is 14.4 Å². The number of carbonyl (C=O) groups is 6. The van der Waals surface area contributed by atoms with Crippen LogP contribution in [0.25, 0.3) is 18.2 Å². The van der Waals surface area contributed by atoms with Crippen LogP contribution < -0.4 is 23.1 Å². The van der Waals surface area contributed by atoms with Crippen molar-refractivity contribution in [2.75, 3.05) is 60.6 Å². The predicted molar refractivity (Wildman–Crippen MR) is 422 cm³/mol. The van der Waals surface area contributed by atoms with Crippen molar-refractivity contribution >= 4 is 82.7 Å². The van der Waals surface area contributed by atoms with E-state index in [0.717, 1.165) is 72.4 Å². The van der Waals surface area contributed by atoms with Gasteiger partial charge in [0.2, 0.25) is 13.6 Å². The summed E-state index contributed by atoms with van der Waals surface area (Å²) < 4.78 is 53.7. The number of phenolic OH excluding ortho intramolecular Hbond substituents is 1. The number of terminal acetylenes is 3. The normalized spacial score (nSPS) is 14.6. The number of aryl methyl sites for hydroxylation is 3. The average molecular weight is 1530 g/mol. The molecule has 3 aliphatic rings. The first-order valence-electron chi connectivity index (χ1n) is 35.0. The first-order chi connectivity index (χ1) is 51.3. The summed E-state index contributed by atoms with van der Waals surface area (Å²) in [5, 5.41) is 18.4. The van der Waals surface area contributed by atoms with E-state index in [4.69, 9.17) is 82.7 Å². The highest BCUT2D eigenvalue weighted by Crippen LogP contribution is 2.43. The molecular formula is C84H98ClN3O18Si2. The maximum atomic E-state index is 12.7. The van der Waals surface area contributed by atoms with Crippen LogP contribution in [0, 0.1) is 37.0 Å². The van der Waals surface area contributed by atoms with Gasteiger partial charge in [-0.2, -0.15) is 0 Å². The first-order valence-corrected chi connectivity index (χ1v) is 41.3. The van der Waals surface area contributed by atoms with Gasteiger partial charge in [0.05, 0.1) is 59.1 Å². The van der Waals surface area contributed by atoms with E-state index in [0.29, 0.717) is 28.6 Å². The van der Waals surface area contributed by atoms with E-state index in [2.05, 4.69) is 91.6 Å². The number of ether oxygens (including phenoxy) is 8. The van der Waals surface area contributed by atoms with Gasteiger partial charge in [0.15, 0.2) is 29.1 Å². The summed E-state index contributed by atoms with van der Waals surface area (Å²) in [6, 6.07) is 39.0. The fourth-order valence-corrected chi connectivity index (χ4v) is 13.5. The fourth-order valence-electron chi connectivity index (χ4n) is 11.3. The molecule has 21 nitrogen and oxygen atoms in total. The number of carboxylic acid groups (broad SMARTS) is 1. The monoisotopic (exact) mass is 1530 g/mol. The molecule has 0 saturated heterocycles. The molecule has 9 rings (SSSR count). The van der Waals surface area contributed by atoms with Crippen molar-refractivity contribution in [1.29, 1.82) is 0 Å². The minimum Gasteiger partial charge on any atom is -0.541 e. The summed E-state index contributed by atoms with van der Waals surface area (Å²) in [6.45, 7) is 21.1. The Kier molecular flexibility index (Phi) is 32.3. The third-order valence-electron chi connectivity index (χ3n) is 19.0. The summed E-state index contributed by atoms with van der Waals surface area (Å²) in [6.07, 6.45) is 27.8. The lowest BCUT2D eigenvalue weighted by Crippen LogP contribution is -2.43. The van der Waals surface area contributed by atoms with E-state index >= 15 is 0 Å². The van der Waals surface area contributed by atoms with Crippen LogP contribution in [-0.4, -0.2) is 138 Å². The number of phenols is 1. The zero-order valence-electron chi connectivity index (χ0n) is 63.7. The van der Waals surface area contributed by atoms with Gasteiger partial charge in [-0.15, -0.1) is 19.3 Å². The Hall–Kier alpha value is -11.0. The number of carbonyl (C=O) groups excluding carboxylic acids is 5. The number of benzene rings is 6. The van der Waals surface area contributed by atoms with Gasteiger partial charge in [0.25, 0.3) is 16.6 Å². The zero-order chi connectivity index (χ0) is 79.4. The molecule has 0 radical (unpaired) electrons. The molecule has 6 aromatic carbocycles. The molecule has 0 saturated carbocycles. The summed E-state index contributed by atoms with van der Waals surface area (Å²) in [5.74, 6) is 8.05. The third-order valence-corrected chi connectivity index (χ3v) is 27.8. The van der Waals surface area contributed by atoms with E-state index in [9.17, 15) is 33.9 Å². The van der Waals surface area contributed by atoms with Crippen LogP contribution >= 0.6 is 11.6 Å². The van der Waals surface area contributed by atoms with Gasteiger partial charge in [0, 0.05) is 18.2 Å². The first kappa shape index (κ1) is 85.9. The topological polar surface area (TPSA) is 245 Å². The summed E-state index contributed by atoms with van der Waals surface area (Å²) >= 11 is 5.43. The molecule has 0 aliphatic heterocycles. The second kappa shape index (κ2) is 40.6. The second-order valence-electron chi connectivity index (χ2n) is 28.1. The van der Waals surface area contributed by atoms with Crippen molar-refractivity contribution in [3.8, 4) is 71.5 Å². The van der Waals surface area contributed by atoms with Gasteiger partial charge in [0.1, 0.15) is 11.5 Å². The number of nitrogens with zero attached hydrogens (tertiary/aromatic N) is 3. The smallest absolute Gasteiger partial charge is 0.413 e. The van der Waals surface area contributed by atoms with Crippen molar-refractivity contribution in [3.05, 3.63) is 196 Å². The Labute approximate surface area is 641 Å². The lowest BCUT2D eigenvalue weighted by molar-refractivity contribution is -0.147. The quantitative estimate of drug-likeness (QED) is 0.0109. The summed E-state index contributed by atoms with van der Waals surface area (Å²) in [4.78, 5) is 76.4. The van der Waals surface area contributed by atoms with Crippen LogP contribution in [0.1, 0.15) is 129 Å². The number of fused-ring (bicyclic) bond motifs is 3. The number of aliphatic carboxylic acids is 1. The van der Waals surface area contributed by atoms with Crippen molar-refractivity contribution < 1.29 is 85.7 Å². The number of alkyl halides is 1. The predicted octanol–water partition coefficient (Wildman–Crippen LogP) is 17.1. The van der Waals surface area contributed by atoms with E-state index in [1.807, 2.05) is 91.0 Å². The Bertz CT molecular complexity index is 4330. The molecule has 0 fully saturated rings. The maximum absolute atomic E-state index is 12.7. The van der Waals surface area contributed by atoms with Crippen LogP contribution in [-0.2, 0) is 57.3 Å². The third kappa shape index (κ3) is 24.5. The van der Waals surface area contributed by atoms with Gasteiger partial charge in [-0.1, -0.05) is 162 Å². The lowest BCUT2D eigenvalue weighted by atomic mass is 10.1. The SMILES string of the molecule is C#CCN(C(=O)OCCl)[C@@H]1CCc2ccccc21.C#CCN(C(=O)OCOC(=O)/C=C/c1ccc(O)c(OC)c1)[C@@H]1CCc2ccccc21.C#CCN(C(=O)OCOC(=O)/C=C/c1ccc(O[Si](C)(C)C(C)(C)C)c(OC)c1)[C@@H]1CCc2ccccc21.COc1cc(/C=C/C(=O)O)ccc1O[Si](C)(C)C(C)(C)C. The lowest BCUT2D eigenvalue weighted by Gasteiger charge is -2.36.